The molecule has 1 aromatic heterocycles. The summed E-state index contributed by atoms with van der Waals surface area (Å²) in [6, 6.07) is 6.61. The first kappa shape index (κ1) is 15.7. The van der Waals surface area contributed by atoms with E-state index in [9.17, 15) is 4.79 Å². The van der Waals surface area contributed by atoms with E-state index in [0.717, 1.165) is 0 Å². The minimum Gasteiger partial charge on any atom is -0.298 e. The molecule has 0 unspecified atom stereocenters. The van der Waals surface area contributed by atoms with Crippen LogP contribution in [0.4, 0.5) is 0 Å². The maximum Gasteiger partial charge on any atom is 0.257 e. The van der Waals surface area contributed by atoms with E-state index in [1.807, 2.05) is 6.26 Å². The van der Waals surface area contributed by atoms with Gasteiger partial charge in [-0.15, -0.1) is 10.2 Å². The van der Waals surface area contributed by atoms with Crippen molar-refractivity contribution >= 4 is 46.6 Å². The van der Waals surface area contributed by atoms with E-state index >= 15 is 0 Å². The number of hydrogen-bond donors (Lipinski definition) is 2. The first-order valence-corrected chi connectivity index (χ1v) is 7.86. The van der Waals surface area contributed by atoms with Gasteiger partial charge in [-0.3, -0.25) is 15.5 Å². The Balaban J connectivity index is 2.05. The summed E-state index contributed by atoms with van der Waals surface area (Å²) in [5, 5.41) is 11.7. The molecule has 0 aliphatic carbocycles. The number of benzene rings is 1. The Kier molecular flexibility index (Phi) is 5.16. The number of carbonyl (C=O) groups is 1. The summed E-state index contributed by atoms with van der Waals surface area (Å²) in [4.78, 5) is 12.0. The first-order chi connectivity index (χ1) is 10.0. The van der Waals surface area contributed by atoms with E-state index in [1.165, 1.54) is 11.8 Å². The fourth-order valence-corrected chi connectivity index (χ4v) is 2.40. The van der Waals surface area contributed by atoms with Crippen LogP contribution >= 0.6 is 35.6 Å². The van der Waals surface area contributed by atoms with Crippen LogP contribution < -0.4 is 10.7 Å². The molecule has 0 saturated heterocycles. The SMILES string of the molecule is CSc1nnc(C)n1NC(=S)NC(=O)c1cccc(Cl)c1. The largest absolute Gasteiger partial charge is 0.298 e. The van der Waals surface area contributed by atoms with Gasteiger partial charge in [0.25, 0.3) is 5.91 Å². The van der Waals surface area contributed by atoms with E-state index in [4.69, 9.17) is 23.8 Å². The van der Waals surface area contributed by atoms with Gasteiger partial charge in [0.05, 0.1) is 0 Å². The summed E-state index contributed by atoms with van der Waals surface area (Å²) >= 11 is 12.4. The molecule has 110 valence electrons. The number of nitrogens with zero attached hydrogens (tertiary/aromatic N) is 3. The summed E-state index contributed by atoms with van der Waals surface area (Å²) in [5.74, 6) is 0.296. The van der Waals surface area contributed by atoms with Gasteiger partial charge in [0.2, 0.25) is 5.16 Å². The maximum atomic E-state index is 12.0. The average molecular weight is 342 g/mol. The van der Waals surface area contributed by atoms with Crippen molar-refractivity contribution in [1.29, 1.82) is 0 Å². The van der Waals surface area contributed by atoms with Crippen molar-refractivity contribution in [3.8, 4) is 0 Å². The fraction of sp³-hybridized carbons (Fsp3) is 0.167. The zero-order chi connectivity index (χ0) is 15.4. The van der Waals surface area contributed by atoms with Crippen LogP contribution in [0.2, 0.25) is 5.02 Å². The number of carbonyl (C=O) groups excluding carboxylic acids is 1. The molecule has 21 heavy (non-hydrogen) atoms. The third-order valence-electron chi connectivity index (χ3n) is 2.50. The van der Waals surface area contributed by atoms with Gasteiger partial charge in [-0.1, -0.05) is 29.4 Å². The lowest BCUT2D eigenvalue weighted by atomic mass is 10.2. The molecule has 0 saturated carbocycles. The summed E-state index contributed by atoms with van der Waals surface area (Å²) in [6.07, 6.45) is 1.87. The Morgan fingerprint density at radius 3 is 2.86 bits per heavy atom. The van der Waals surface area contributed by atoms with Gasteiger partial charge in [0.1, 0.15) is 5.82 Å². The number of nitrogens with one attached hydrogen (secondary N) is 2. The molecule has 1 amide bonds. The highest BCUT2D eigenvalue weighted by Crippen LogP contribution is 2.12. The lowest BCUT2D eigenvalue weighted by molar-refractivity contribution is 0.0977. The molecule has 0 spiro atoms. The second kappa shape index (κ2) is 6.88. The van der Waals surface area contributed by atoms with Gasteiger partial charge in [-0.2, -0.15) is 0 Å². The lowest BCUT2D eigenvalue weighted by Crippen LogP contribution is -2.38. The second-order valence-corrected chi connectivity index (χ2v) is 5.59. The Morgan fingerprint density at radius 1 is 1.43 bits per heavy atom. The minimum absolute atomic E-state index is 0.151. The van der Waals surface area contributed by atoms with Crippen molar-refractivity contribution in [3.63, 3.8) is 0 Å². The third-order valence-corrected chi connectivity index (χ3v) is 3.56. The van der Waals surface area contributed by atoms with Crippen molar-refractivity contribution in [1.82, 2.24) is 20.2 Å². The molecule has 0 aliphatic heterocycles. The molecule has 2 rings (SSSR count). The molecular formula is C12H12ClN5OS2. The minimum atomic E-state index is -0.341. The number of thioether (sulfide) groups is 1. The van der Waals surface area contributed by atoms with Crippen LogP contribution in [-0.4, -0.2) is 32.1 Å². The molecule has 1 aromatic carbocycles. The lowest BCUT2D eigenvalue weighted by Gasteiger charge is -2.12. The van der Waals surface area contributed by atoms with Gasteiger partial charge in [0, 0.05) is 10.6 Å². The zero-order valence-electron chi connectivity index (χ0n) is 11.3. The van der Waals surface area contributed by atoms with Gasteiger partial charge >= 0.3 is 0 Å². The summed E-state index contributed by atoms with van der Waals surface area (Å²) in [7, 11) is 0. The fourth-order valence-electron chi connectivity index (χ4n) is 1.54. The highest BCUT2D eigenvalue weighted by molar-refractivity contribution is 7.98. The van der Waals surface area contributed by atoms with Crippen LogP contribution in [0.15, 0.2) is 29.4 Å². The Bertz CT molecular complexity index is 688. The average Bonchev–Trinajstić information content (AvgIpc) is 2.79. The van der Waals surface area contributed by atoms with Crippen molar-refractivity contribution in [3.05, 3.63) is 40.7 Å². The van der Waals surface area contributed by atoms with Crippen molar-refractivity contribution in [2.75, 3.05) is 11.7 Å². The van der Waals surface area contributed by atoms with E-state index in [1.54, 1.807) is 35.9 Å². The van der Waals surface area contributed by atoms with Crippen LogP contribution in [0.3, 0.4) is 0 Å². The molecule has 0 atom stereocenters. The predicted molar refractivity (Wildman–Crippen MR) is 87.4 cm³/mol. The molecule has 6 nitrogen and oxygen atoms in total. The number of hydrogen-bond acceptors (Lipinski definition) is 5. The van der Waals surface area contributed by atoms with Gasteiger partial charge in [-0.05, 0) is 43.6 Å². The number of thiocarbonyl (C=S) groups is 1. The highest BCUT2D eigenvalue weighted by Gasteiger charge is 2.12. The number of halogens is 1. The van der Waals surface area contributed by atoms with Crippen LogP contribution in [0.25, 0.3) is 0 Å². The van der Waals surface area contributed by atoms with Crippen LogP contribution in [0, 0.1) is 6.92 Å². The maximum absolute atomic E-state index is 12.0. The zero-order valence-corrected chi connectivity index (χ0v) is 13.6. The topological polar surface area (TPSA) is 71.8 Å². The normalized spacial score (nSPS) is 10.2. The summed E-state index contributed by atoms with van der Waals surface area (Å²) in [6.45, 7) is 1.78. The van der Waals surface area contributed by atoms with E-state index in [2.05, 4.69) is 20.9 Å². The molecule has 0 aliphatic rings. The highest BCUT2D eigenvalue weighted by atomic mass is 35.5. The summed E-state index contributed by atoms with van der Waals surface area (Å²) < 4.78 is 1.60. The summed E-state index contributed by atoms with van der Waals surface area (Å²) in [5.41, 5.74) is 3.29. The smallest absolute Gasteiger partial charge is 0.257 e. The number of rotatable bonds is 3. The standard InChI is InChI=1S/C12H12ClN5OS2/c1-7-15-16-12(21-2)18(7)17-11(20)14-10(19)8-4-3-5-9(13)6-8/h3-6H,1-2H3,(H2,14,17,19,20). The Labute approximate surface area is 136 Å². The van der Waals surface area contributed by atoms with Crippen LogP contribution in [0.5, 0.6) is 0 Å². The Hall–Kier alpha value is -1.64. The molecule has 0 radical (unpaired) electrons. The molecule has 1 heterocycles. The van der Waals surface area contributed by atoms with E-state index < -0.39 is 0 Å². The Morgan fingerprint density at radius 2 is 2.19 bits per heavy atom. The third kappa shape index (κ3) is 3.93. The van der Waals surface area contributed by atoms with E-state index in [0.29, 0.717) is 21.6 Å². The number of aromatic nitrogens is 3. The molecule has 0 fully saturated rings. The van der Waals surface area contributed by atoms with Crippen molar-refractivity contribution in [2.45, 2.75) is 12.1 Å². The molecule has 2 aromatic rings. The number of amides is 1. The van der Waals surface area contributed by atoms with Crippen molar-refractivity contribution in [2.24, 2.45) is 0 Å². The van der Waals surface area contributed by atoms with Crippen LogP contribution in [0.1, 0.15) is 16.2 Å². The molecular weight excluding hydrogens is 330 g/mol. The second-order valence-electron chi connectivity index (χ2n) is 3.97. The molecule has 9 heteroatoms. The number of aryl methyl sites for hydroxylation is 1. The van der Waals surface area contributed by atoms with Gasteiger partial charge in [-0.25, -0.2) is 4.68 Å². The monoisotopic (exact) mass is 341 g/mol. The van der Waals surface area contributed by atoms with Crippen molar-refractivity contribution < 1.29 is 4.79 Å². The van der Waals surface area contributed by atoms with Crippen LogP contribution in [-0.2, 0) is 0 Å². The quantitative estimate of drug-likeness (QED) is 0.659. The van der Waals surface area contributed by atoms with Gasteiger partial charge in [0.15, 0.2) is 5.11 Å². The molecule has 2 N–H and O–H groups in total. The van der Waals surface area contributed by atoms with Gasteiger partial charge < -0.3 is 0 Å². The van der Waals surface area contributed by atoms with E-state index in [-0.39, 0.29) is 11.0 Å². The molecule has 0 bridgehead atoms. The first-order valence-electron chi connectivity index (χ1n) is 5.85. The predicted octanol–water partition coefficient (Wildman–Crippen LogP) is 2.22.